The van der Waals surface area contributed by atoms with Crippen LogP contribution < -0.4 is 15.0 Å². The molecule has 0 saturated carbocycles. The molecule has 1 heterocycles. The summed E-state index contributed by atoms with van der Waals surface area (Å²) in [6, 6.07) is 5.50. The van der Waals surface area contributed by atoms with Crippen LogP contribution in [0.4, 0.5) is 5.69 Å². The van der Waals surface area contributed by atoms with Gasteiger partial charge in [0.2, 0.25) is 0 Å². The Bertz CT molecular complexity index is 558. The SMILES string of the molecule is C1CCNCC1.CC(=O)Nc1ccc([As](=O)(O)OO)cc1.CC(=O)O. The summed E-state index contributed by atoms with van der Waals surface area (Å²) in [4.78, 5) is 19.7. The summed E-state index contributed by atoms with van der Waals surface area (Å²) in [6.45, 7) is 4.94. The normalized spacial score (nSPS) is 15.4. The van der Waals surface area contributed by atoms with Crippen LogP contribution in [0.15, 0.2) is 24.3 Å². The number of aliphatic carboxylic acids is 1. The van der Waals surface area contributed by atoms with E-state index in [2.05, 4.69) is 14.5 Å². The van der Waals surface area contributed by atoms with E-state index in [-0.39, 0.29) is 10.3 Å². The van der Waals surface area contributed by atoms with E-state index in [1.54, 1.807) is 0 Å². The van der Waals surface area contributed by atoms with Crippen LogP contribution in [-0.2, 0) is 17.2 Å². The van der Waals surface area contributed by atoms with Crippen LogP contribution >= 0.6 is 0 Å². The molecule has 1 saturated heterocycles. The first-order valence-corrected chi connectivity index (χ1v) is 10.9. The Labute approximate surface area is 149 Å². The first-order valence-electron chi connectivity index (χ1n) is 7.63. The number of hydrogen-bond donors (Lipinski definition) is 5. The number of hydrogen-bond acceptors (Lipinski definition) is 6. The first-order chi connectivity index (χ1) is 11.7. The second kappa shape index (κ2) is 12.7. The number of rotatable bonds is 3. The van der Waals surface area contributed by atoms with E-state index < -0.39 is 20.1 Å². The summed E-state index contributed by atoms with van der Waals surface area (Å²) in [5.74, 6) is -1.07. The topological polar surface area (TPSA) is 145 Å². The molecule has 1 fully saturated rings. The Morgan fingerprint density at radius 3 is 1.88 bits per heavy atom. The summed E-state index contributed by atoms with van der Waals surface area (Å²) < 4.78 is 23.8. The number of carbonyl (C=O) groups is 2. The number of benzene rings is 1. The molecule has 1 aliphatic heterocycles. The molecule has 10 heteroatoms. The average molecular weight is 420 g/mol. The van der Waals surface area contributed by atoms with Gasteiger partial charge in [-0.15, -0.1) is 0 Å². The molecule has 142 valence electrons. The van der Waals surface area contributed by atoms with E-state index in [0.29, 0.717) is 5.69 Å². The van der Waals surface area contributed by atoms with Gasteiger partial charge in [0.05, 0.1) is 0 Å². The second-order valence-corrected chi connectivity index (χ2v) is 8.77. The maximum atomic E-state index is 11.2. The Balaban J connectivity index is 0.000000470. The van der Waals surface area contributed by atoms with Crippen molar-refractivity contribution in [2.75, 3.05) is 18.4 Å². The minimum atomic E-state index is -4.76. The summed E-state index contributed by atoms with van der Waals surface area (Å²) in [6.07, 6.45) is 4.22. The molecule has 0 radical (unpaired) electrons. The monoisotopic (exact) mass is 420 g/mol. The van der Waals surface area contributed by atoms with E-state index in [1.807, 2.05) is 0 Å². The Morgan fingerprint density at radius 2 is 1.60 bits per heavy atom. The number of carboxylic acid groups (broad SMARTS) is 1. The van der Waals surface area contributed by atoms with Crippen molar-refractivity contribution in [2.45, 2.75) is 33.1 Å². The Hall–Kier alpha value is -1.64. The van der Waals surface area contributed by atoms with Crippen LogP contribution in [0, 0.1) is 0 Å². The van der Waals surface area contributed by atoms with Crippen LogP contribution in [0.5, 0.6) is 0 Å². The third kappa shape index (κ3) is 12.4. The van der Waals surface area contributed by atoms with Crippen molar-refractivity contribution >= 4 is 36.1 Å². The summed E-state index contributed by atoms with van der Waals surface area (Å²) in [5.41, 5.74) is 0.500. The fourth-order valence-electron chi connectivity index (χ4n) is 1.79. The van der Waals surface area contributed by atoms with Crippen molar-refractivity contribution in [3.63, 3.8) is 0 Å². The molecular formula is C15H25AsN2O7. The zero-order valence-electron chi connectivity index (χ0n) is 14.3. The molecule has 25 heavy (non-hydrogen) atoms. The van der Waals surface area contributed by atoms with Gasteiger partial charge in [-0.25, -0.2) is 0 Å². The number of anilines is 1. The van der Waals surface area contributed by atoms with Gasteiger partial charge >= 0.3 is 88.4 Å². The second-order valence-electron chi connectivity index (χ2n) is 5.16. The number of carbonyl (C=O) groups excluding carboxylic acids is 1. The number of amides is 1. The van der Waals surface area contributed by atoms with Crippen LogP contribution in [0.1, 0.15) is 33.1 Å². The molecule has 1 atom stereocenters. The van der Waals surface area contributed by atoms with E-state index in [0.717, 1.165) is 6.92 Å². The maximum absolute atomic E-state index is 11.2. The van der Waals surface area contributed by atoms with Gasteiger partial charge in [0, 0.05) is 6.92 Å². The van der Waals surface area contributed by atoms with E-state index in [1.165, 1.54) is 63.5 Å². The molecular weight excluding hydrogens is 395 g/mol. The molecule has 1 aromatic rings. The predicted octanol–water partition coefficient (Wildman–Crippen LogP) is 0.554. The summed E-state index contributed by atoms with van der Waals surface area (Å²) in [7, 11) is 0. The van der Waals surface area contributed by atoms with E-state index >= 15 is 0 Å². The molecule has 0 aliphatic carbocycles. The molecule has 1 unspecified atom stereocenters. The third-order valence-corrected chi connectivity index (χ3v) is 5.29. The van der Waals surface area contributed by atoms with Gasteiger partial charge in [0.15, 0.2) is 0 Å². The van der Waals surface area contributed by atoms with Gasteiger partial charge in [0.25, 0.3) is 5.97 Å². The van der Waals surface area contributed by atoms with Crippen LogP contribution in [-0.4, -0.2) is 53.6 Å². The van der Waals surface area contributed by atoms with Gasteiger partial charge < -0.3 is 10.4 Å². The average Bonchev–Trinajstić information content (AvgIpc) is 2.56. The molecule has 1 amide bonds. The Morgan fingerprint density at radius 1 is 1.12 bits per heavy atom. The van der Waals surface area contributed by atoms with Gasteiger partial charge in [-0.3, -0.25) is 4.79 Å². The number of piperidine rings is 1. The van der Waals surface area contributed by atoms with Gasteiger partial charge in [-0.05, 0) is 25.9 Å². The zero-order valence-corrected chi connectivity index (χ0v) is 16.1. The van der Waals surface area contributed by atoms with Crippen molar-refractivity contribution < 1.29 is 31.7 Å². The molecule has 9 nitrogen and oxygen atoms in total. The quantitative estimate of drug-likeness (QED) is 0.271. The zero-order chi connectivity index (χ0) is 19.3. The van der Waals surface area contributed by atoms with Crippen molar-refractivity contribution in [2.24, 2.45) is 0 Å². The molecule has 0 aromatic heterocycles. The van der Waals surface area contributed by atoms with Gasteiger partial charge in [0.1, 0.15) is 0 Å². The minimum Gasteiger partial charge on any atom is -0.481 e. The van der Waals surface area contributed by atoms with E-state index in [4.69, 9.17) is 19.3 Å². The van der Waals surface area contributed by atoms with Crippen molar-refractivity contribution in [1.29, 1.82) is 0 Å². The first kappa shape index (κ1) is 23.4. The van der Waals surface area contributed by atoms with Gasteiger partial charge in [-0.2, -0.15) is 0 Å². The van der Waals surface area contributed by atoms with Crippen LogP contribution in [0.3, 0.4) is 0 Å². The van der Waals surface area contributed by atoms with Crippen molar-refractivity contribution in [3.8, 4) is 0 Å². The number of nitrogens with one attached hydrogen (secondary N) is 2. The Kier molecular flexibility index (Phi) is 11.9. The van der Waals surface area contributed by atoms with Crippen molar-refractivity contribution in [1.82, 2.24) is 5.32 Å². The fraction of sp³-hybridized carbons (Fsp3) is 0.467. The maximum Gasteiger partial charge on any atom is 0.300 e. The molecule has 1 aromatic carbocycles. The molecule has 0 spiro atoms. The predicted molar refractivity (Wildman–Crippen MR) is 92.8 cm³/mol. The molecule has 1 aliphatic rings. The molecule has 5 N–H and O–H groups in total. The van der Waals surface area contributed by atoms with Crippen molar-refractivity contribution in [3.05, 3.63) is 24.3 Å². The molecule has 0 bridgehead atoms. The minimum absolute atomic E-state index is 0.00438. The van der Waals surface area contributed by atoms with E-state index in [9.17, 15) is 8.53 Å². The number of carboxylic acids is 1. The fourth-order valence-corrected chi connectivity index (χ4v) is 3.09. The van der Waals surface area contributed by atoms with Gasteiger partial charge in [-0.1, -0.05) is 6.42 Å². The third-order valence-electron chi connectivity index (χ3n) is 2.83. The summed E-state index contributed by atoms with van der Waals surface area (Å²) in [5, 5.41) is 21.4. The van der Waals surface area contributed by atoms with Crippen LogP contribution in [0.25, 0.3) is 0 Å². The van der Waals surface area contributed by atoms with Crippen LogP contribution in [0.2, 0.25) is 0 Å². The smallest absolute Gasteiger partial charge is 0.300 e. The largest absolute Gasteiger partial charge is 0.481 e. The standard InChI is InChI=1S/C8H10AsNO5.C5H11N.C2H4O2/c1-6(11)10-8-4-2-7(3-5-8)9(12,13)15-14;1-2-4-6-5-3-1;1-2(3)4/h2-5,14H,1H3,(H,10,11)(H,12,13);6H,1-5H2;1H3,(H,3,4). The summed E-state index contributed by atoms with van der Waals surface area (Å²) >= 11 is -4.76. The molecule has 2 rings (SSSR count).